The third-order valence-electron chi connectivity index (χ3n) is 2.13. The Kier molecular flexibility index (Phi) is 4.77. The van der Waals surface area contributed by atoms with E-state index in [1.54, 1.807) is 18.2 Å². The topological polar surface area (TPSA) is 81.4 Å². The lowest BCUT2D eigenvalue weighted by Gasteiger charge is -2.11. The summed E-state index contributed by atoms with van der Waals surface area (Å²) in [6.45, 7) is 4.45. The smallest absolute Gasteiger partial charge is 0.233 e. The van der Waals surface area contributed by atoms with E-state index < -0.39 is 10.0 Å². The number of nitrogens with one attached hydrogen (secondary N) is 1. The van der Waals surface area contributed by atoms with Crippen LogP contribution < -0.4 is 15.2 Å². The van der Waals surface area contributed by atoms with Crippen LogP contribution in [0.5, 0.6) is 5.75 Å². The fourth-order valence-corrected chi connectivity index (χ4v) is 2.31. The summed E-state index contributed by atoms with van der Waals surface area (Å²) in [4.78, 5) is 0. The minimum atomic E-state index is -3.34. The molecular formula is C11H18N2O3S. The maximum Gasteiger partial charge on any atom is 0.233 e. The molecule has 1 rings (SSSR count). The van der Waals surface area contributed by atoms with Crippen molar-refractivity contribution in [2.75, 3.05) is 23.6 Å². The van der Waals surface area contributed by atoms with Crippen molar-refractivity contribution >= 4 is 15.7 Å². The van der Waals surface area contributed by atoms with E-state index in [0.717, 1.165) is 11.3 Å². The molecule has 17 heavy (non-hydrogen) atoms. The number of nitrogens with two attached hydrogens (primary N) is 1. The molecule has 0 saturated heterocycles. The second-order valence-corrected chi connectivity index (χ2v) is 5.46. The van der Waals surface area contributed by atoms with E-state index in [9.17, 15) is 8.42 Å². The average Bonchev–Trinajstić information content (AvgIpc) is 2.21. The average molecular weight is 258 g/mol. The molecule has 5 nitrogen and oxygen atoms in total. The molecule has 6 heteroatoms. The zero-order valence-corrected chi connectivity index (χ0v) is 10.9. The first-order chi connectivity index (χ1) is 7.98. The molecule has 96 valence electrons. The molecule has 1 aromatic rings. The van der Waals surface area contributed by atoms with Gasteiger partial charge in [-0.2, -0.15) is 0 Å². The predicted molar refractivity (Wildman–Crippen MR) is 68.8 cm³/mol. The molecule has 0 saturated carbocycles. The SMILES string of the molecule is CCOc1ccc(NS(=O)(=O)CCN)cc1C. The van der Waals surface area contributed by atoms with E-state index in [2.05, 4.69) is 4.72 Å². The van der Waals surface area contributed by atoms with Gasteiger partial charge < -0.3 is 10.5 Å². The van der Waals surface area contributed by atoms with Crippen molar-refractivity contribution in [1.29, 1.82) is 0 Å². The highest BCUT2D eigenvalue weighted by molar-refractivity contribution is 7.92. The van der Waals surface area contributed by atoms with Crippen LogP contribution in [-0.4, -0.2) is 27.3 Å². The first-order valence-corrected chi connectivity index (χ1v) is 7.07. The fraction of sp³-hybridized carbons (Fsp3) is 0.455. The van der Waals surface area contributed by atoms with Gasteiger partial charge in [0, 0.05) is 12.2 Å². The van der Waals surface area contributed by atoms with Crippen LogP contribution >= 0.6 is 0 Å². The Hall–Kier alpha value is -1.27. The first-order valence-electron chi connectivity index (χ1n) is 5.42. The summed E-state index contributed by atoms with van der Waals surface area (Å²) in [6, 6.07) is 5.16. The lowest BCUT2D eigenvalue weighted by atomic mass is 10.2. The Labute approximate surface area is 102 Å². The van der Waals surface area contributed by atoms with Gasteiger partial charge in [-0.05, 0) is 37.6 Å². The van der Waals surface area contributed by atoms with Crippen LogP contribution in [0.4, 0.5) is 5.69 Å². The minimum Gasteiger partial charge on any atom is -0.494 e. The Morgan fingerprint density at radius 2 is 2.12 bits per heavy atom. The molecule has 1 aromatic carbocycles. The van der Waals surface area contributed by atoms with Crippen molar-refractivity contribution in [2.24, 2.45) is 5.73 Å². The molecule has 0 atom stereocenters. The van der Waals surface area contributed by atoms with Crippen LogP contribution in [0.3, 0.4) is 0 Å². The van der Waals surface area contributed by atoms with E-state index in [1.807, 2.05) is 13.8 Å². The summed E-state index contributed by atoms with van der Waals surface area (Å²) in [7, 11) is -3.34. The highest BCUT2D eigenvalue weighted by Crippen LogP contribution is 2.22. The minimum absolute atomic E-state index is 0.0841. The van der Waals surface area contributed by atoms with Crippen LogP contribution in [-0.2, 0) is 10.0 Å². The van der Waals surface area contributed by atoms with Crippen molar-refractivity contribution in [3.8, 4) is 5.75 Å². The molecule has 0 aliphatic heterocycles. The Bertz CT molecular complexity index is 472. The largest absolute Gasteiger partial charge is 0.494 e. The van der Waals surface area contributed by atoms with Crippen molar-refractivity contribution in [3.63, 3.8) is 0 Å². The molecule has 0 spiro atoms. The highest BCUT2D eigenvalue weighted by Gasteiger charge is 2.09. The molecular weight excluding hydrogens is 240 g/mol. The first kappa shape index (κ1) is 13.8. The number of sulfonamides is 1. The quantitative estimate of drug-likeness (QED) is 0.800. The van der Waals surface area contributed by atoms with Crippen molar-refractivity contribution in [2.45, 2.75) is 13.8 Å². The number of aryl methyl sites for hydroxylation is 1. The van der Waals surface area contributed by atoms with Crippen LogP contribution in [0.2, 0.25) is 0 Å². The van der Waals surface area contributed by atoms with Gasteiger partial charge >= 0.3 is 0 Å². The van der Waals surface area contributed by atoms with Gasteiger partial charge in [0.2, 0.25) is 10.0 Å². The van der Waals surface area contributed by atoms with Gasteiger partial charge in [0.05, 0.1) is 12.4 Å². The third kappa shape index (κ3) is 4.24. The highest BCUT2D eigenvalue weighted by atomic mass is 32.2. The lowest BCUT2D eigenvalue weighted by molar-refractivity contribution is 0.338. The second-order valence-electron chi connectivity index (χ2n) is 3.62. The zero-order valence-electron chi connectivity index (χ0n) is 10.1. The maximum absolute atomic E-state index is 11.5. The number of hydrogen-bond donors (Lipinski definition) is 2. The van der Waals surface area contributed by atoms with E-state index in [1.165, 1.54) is 0 Å². The third-order valence-corrected chi connectivity index (χ3v) is 3.45. The molecule has 0 unspecified atom stereocenters. The summed E-state index contributed by atoms with van der Waals surface area (Å²) < 4.78 is 30.8. The summed E-state index contributed by atoms with van der Waals surface area (Å²) in [6.07, 6.45) is 0. The maximum atomic E-state index is 11.5. The van der Waals surface area contributed by atoms with Crippen LogP contribution in [0, 0.1) is 6.92 Å². The second kappa shape index (κ2) is 5.88. The molecule has 0 aliphatic rings. The Morgan fingerprint density at radius 3 is 2.65 bits per heavy atom. The van der Waals surface area contributed by atoms with Gasteiger partial charge in [0.1, 0.15) is 5.75 Å². The van der Waals surface area contributed by atoms with Crippen molar-refractivity contribution < 1.29 is 13.2 Å². The number of hydrogen-bond acceptors (Lipinski definition) is 4. The van der Waals surface area contributed by atoms with Crippen LogP contribution in [0.25, 0.3) is 0 Å². The van der Waals surface area contributed by atoms with Crippen molar-refractivity contribution in [1.82, 2.24) is 0 Å². The predicted octanol–water partition coefficient (Wildman–Crippen LogP) is 1.09. The van der Waals surface area contributed by atoms with Crippen LogP contribution in [0.1, 0.15) is 12.5 Å². The van der Waals surface area contributed by atoms with E-state index in [4.69, 9.17) is 10.5 Å². The number of ether oxygens (including phenoxy) is 1. The van der Waals surface area contributed by atoms with Gasteiger partial charge in [-0.1, -0.05) is 0 Å². The van der Waals surface area contributed by atoms with E-state index in [-0.39, 0.29) is 12.3 Å². The normalized spacial score (nSPS) is 11.2. The number of benzene rings is 1. The van der Waals surface area contributed by atoms with Gasteiger partial charge in [0.15, 0.2) is 0 Å². The van der Waals surface area contributed by atoms with Gasteiger partial charge in [-0.25, -0.2) is 8.42 Å². The molecule has 0 aliphatic carbocycles. The summed E-state index contributed by atoms with van der Waals surface area (Å²) >= 11 is 0. The fourth-order valence-electron chi connectivity index (χ4n) is 1.42. The molecule has 0 amide bonds. The lowest BCUT2D eigenvalue weighted by Crippen LogP contribution is -2.22. The Balaban J connectivity index is 2.84. The standard InChI is InChI=1S/C11H18N2O3S/c1-3-16-11-5-4-10(8-9(11)2)13-17(14,15)7-6-12/h4-5,8,13H,3,6-7,12H2,1-2H3. The molecule has 0 bridgehead atoms. The molecule has 0 fully saturated rings. The van der Waals surface area contributed by atoms with Gasteiger partial charge in [-0.3, -0.25) is 4.72 Å². The van der Waals surface area contributed by atoms with Crippen molar-refractivity contribution in [3.05, 3.63) is 23.8 Å². The van der Waals surface area contributed by atoms with Gasteiger partial charge in [-0.15, -0.1) is 0 Å². The molecule has 0 aromatic heterocycles. The Morgan fingerprint density at radius 1 is 1.41 bits per heavy atom. The number of anilines is 1. The summed E-state index contributed by atoms with van der Waals surface area (Å²) in [5.74, 6) is 0.675. The molecule has 3 N–H and O–H groups in total. The number of rotatable bonds is 6. The monoisotopic (exact) mass is 258 g/mol. The molecule has 0 radical (unpaired) electrons. The van der Waals surface area contributed by atoms with E-state index in [0.29, 0.717) is 12.3 Å². The molecule has 0 heterocycles. The zero-order chi connectivity index (χ0) is 12.9. The summed E-state index contributed by atoms with van der Waals surface area (Å²) in [5, 5.41) is 0. The van der Waals surface area contributed by atoms with E-state index >= 15 is 0 Å². The van der Waals surface area contributed by atoms with Gasteiger partial charge in [0.25, 0.3) is 0 Å². The summed E-state index contributed by atoms with van der Waals surface area (Å²) in [5.41, 5.74) is 6.64. The van der Waals surface area contributed by atoms with Crippen LogP contribution in [0.15, 0.2) is 18.2 Å².